The fourth-order valence-electron chi connectivity index (χ4n) is 4.15. The lowest BCUT2D eigenvalue weighted by Crippen LogP contribution is -2.40. The normalized spacial score (nSPS) is 15.7. The van der Waals surface area contributed by atoms with Crippen molar-refractivity contribution in [3.8, 4) is 0 Å². The molecule has 0 saturated carbocycles. The number of hydrogen-bond donors (Lipinski definition) is 0. The van der Waals surface area contributed by atoms with Gasteiger partial charge in [0.25, 0.3) is 5.91 Å². The number of anilines is 1. The van der Waals surface area contributed by atoms with Gasteiger partial charge in [-0.05, 0) is 36.8 Å². The molecule has 0 aromatic heterocycles. The number of hydrogen-bond acceptors (Lipinski definition) is 3. The number of rotatable bonds is 5. The molecule has 1 amide bonds. The van der Waals surface area contributed by atoms with Crippen LogP contribution in [0.25, 0.3) is 11.3 Å². The summed E-state index contributed by atoms with van der Waals surface area (Å²) in [7, 11) is 0. The van der Waals surface area contributed by atoms with Crippen LogP contribution in [-0.4, -0.2) is 11.7 Å². The molecule has 5 rings (SSSR count). The molecule has 4 aromatic carbocycles. The van der Waals surface area contributed by atoms with E-state index in [0.29, 0.717) is 22.6 Å². The number of carbonyl (C=O) groups is 2. The monoisotopic (exact) mass is 445 g/mol. The van der Waals surface area contributed by atoms with E-state index >= 15 is 0 Å². The van der Waals surface area contributed by atoms with Gasteiger partial charge >= 0.3 is 0 Å². The summed E-state index contributed by atoms with van der Waals surface area (Å²) in [5.41, 5.74) is 4.21. The van der Waals surface area contributed by atoms with Crippen LogP contribution >= 0.6 is 0 Å². The summed E-state index contributed by atoms with van der Waals surface area (Å²) in [6.07, 6.45) is -0.667. The molecule has 1 aliphatic heterocycles. The number of Topliss-reactive ketones (excluding diaryl/α,β-unsaturated/α-hetero) is 1. The molecule has 0 unspecified atom stereocenters. The van der Waals surface area contributed by atoms with Gasteiger partial charge in [0, 0.05) is 22.4 Å². The second-order valence-corrected chi connectivity index (χ2v) is 8.10. The van der Waals surface area contributed by atoms with Gasteiger partial charge in [-0.25, -0.2) is 0 Å². The highest BCUT2D eigenvalue weighted by Gasteiger charge is 2.38. The van der Waals surface area contributed by atoms with Gasteiger partial charge in [-0.1, -0.05) is 91.0 Å². The number of benzene rings is 4. The highest BCUT2D eigenvalue weighted by atomic mass is 16.5. The summed E-state index contributed by atoms with van der Waals surface area (Å²) >= 11 is 0. The molecule has 4 heteroatoms. The first-order chi connectivity index (χ1) is 16.6. The van der Waals surface area contributed by atoms with Gasteiger partial charge in [0.1, 0.15) is 5.76 Å². The number of carbonyl (C=O) groups excluding carboxylic acids is 2. The van der Waals surface area contributed by atoms with E-state index < -0.39 is 6.23 Å². The Kier molecular flexibility index (Phi) is 5.79. The topological polar surface area (TPSA) is 46.6 Å². The van der Waals surface area contributed by atoms with Crippen LogP contribution in [0.2, 0.25) is 0 Å². The summed E-state index contributed by atoms with van der Waals surface area (Å²) in [5.74, 6) is 0.353. The molecule has 0 saturated heterocycles. The van der Waals surface area contributed by atoms with Crippen LogP contribution in [0.4, 0.5) is 5.69 Å². The minimum absolute atomic E-state index is 0.0244. The molecular formula is C30H23NO3. The zero-order chi connectivity index (χ0) is 23.5. The molecule has 0 aliphatic carbocycles. The molecule has 0 radical (unpaired) electrons. The van der Waals surface area contributed by atoms with Gasteiger partial charge in [0.15, 0.2) is 5.78 Å². The standard InChI is InChI=1S/C30H23NO3/c1-21(32)22-17-19-26(20-18-22)31-29(33)27(23-11-5-2-6-12-23)28(24-13-7-3-8-14-24)34-30(31)25-15-9-4-10-16-25/h2-20,30H,1H3/t30-/m0/s1. The minimum atomic E-state index is -0.667. The Bertz CT molecular complexity index is 1340. The van der Waals surface area contributed by atoms with Crippen molar-refractivity contribution in [2.75, 3.05) is 4.90 Å². The van der Waals surface area contributed by atoms with Crippen molar-refractivity contribution in [3.63, 3.8) is 0 Å². The molecule has 0 fully saturated rings. The molecule has 0 N–H and O–H groups in total. The Morgan fingerprint density at radius 3 is 1.79 bits per heavy atom. The summed E-state index contributed by atoms with van der Waals surface area (Å²) < 4.78 is 6.66. The molecule has 1 atom stereocenters. The molecule has 166 valence electrons. The smallest absolute Gasteiger partial charge is 0.265 e. The van der Waals surface area contributed by atoms with Crippen LogP contribution in [-0.2, 0) is 9.53 Å². The second-order valence-electron chi connectivity index (χ2n) is 8.10. The van der Waals surface area contributed by atoms with E-state index in [1.54, 1.807) is 29.2 Å². The van der Waals surface area contributed by atoms with Crippen LogP contribution in [0.5, 0.6) is 0 Å². The maximum absolute atomic E-state index is 14.2. The van der Waals surface area contributed by atoms with Crippen molar-refractivity contribution in [3.05, 3.63) is 138 Å². The molecule has 0 bridgehead atoms. The fraction of sp³-hybridized carbons (Fsp3) is 0.0667. The van der Waals surface area contributed by atoms with Gasteiger partial charge in [-0.2, -0.15) is 0 Å². The minimum Gasteiger partial charge on any atom is -0.464 e. The van der Waals surface area contributed by atoms with Crippen LogP contribution in [0.3, 0.4) is 0 Å². The first-order valence-electron chi connectivity index (χ1n) is 11.1. The number of nitrogens with zero attached hydrogens (tertiary/aromatic N) is 1. The maximum atomic E-state index is 14.2. The molecule has 0 spiro atoms. The Balaban J connectivity index is 1.72. The first kappa shape index (κ1) is 21.4. The molecule has 34 heavy (non-hydrogen) atoms. The fourth-order valence-corrected chi connectivity index (χ4v) is 4.15. The van der Waals surface area contributed by atoms with Crippen molar-refractivity contribution < 1.29 is 14.3 Å². The average molecular weight is 446 g/mol. The van der Waals surface area contributed by atoms with Crippen molar-refractivity contribution >= 4 is 28.7 Å². The van der Waals surface area contributed by atoms with Gasteiger partial charge < -0.3 is 4.74 Å². The molecule has 4 nitrogen and oxygen atoms in total. The van der Waals surface area contributed by atoms with Gasteiger partial charge in [-0.3, -0.25) is 14.5 Å². The number of ether oxygens (including phenoxy) is 1. The van der Waals surface area contributed by atoms with Crippen LogP contribution in [0.15, 0.2) is 115 Å². The Labute approximate surface area is 198 Å². The number of ketones is 1. The lowest BCUT2D eigenvalue weighted by Gasteiger charge is -2.38. The quantitative estimate of drug-likeness (QED) is 0.329. The van der Waals surface area contributed by atoms with E-state index in [1.807, 2.05) is 91.0 Å². The van der Waals surface area contributed by atoms with E-state index in [4.69, 9.17) is 4.74 Å². The largest absolute Gasteiger partial charge is 0.464 e. The van der Waals surface area contributed by atoms with Gasteiger partial charge in [0.05, 0.1) is 5.57 Å². The highest BCUT2D eigenvalue weighted by Crippen LogP contribution is 2.43. The molecule has 4 aromatic rings. The zero-order valence-corrected chi connectivity index (χ0v) is 18.7. The first-order valence-corrected chi connectivity index (χ1v) is 11.1. The third-order valence-electron chi connectivity index (χ3n) is 5.86. The predicted octanol–water partition coefficient (Wildman–Crippen LogP) is 6.52. The SMILES string of the molecule is CC(=O)c1ccc(N2C(=O)C(c3ccccc3)=C(c3ccccc3)O[C@H]2c2ccccc2)cc1. The highest BCUT2D eigenvalue weighted by molar-refractivity contribution is 6.32. The van der Waals surface area contributed by atoms with Crippen LogP contribution in [0.1, 0.15) is 40.2 Å². The third kappa shape index (κ3) is 4.02. The second kappa shape index (κ2) is 9.20. The molecular weight excluding hydrogens is 422 g/mol. The van der Waals surface area contributed by atoms with E-state index in [1.165, 1.54) is 6.92 Å². The van der Waals surface area contributed by atoms with Crippen LogP contribution < -0.4 is 4.90 Å². The Morgan fingerprint density at radius 1 is 0.706 bits per heavy atom. The molecule has 1 aliphatic rings. The van der Waals surface area contributed by atoms with Crippen molar-refractivity contribution in [1.29, 1.82) is 0 Å². The van der Waals surface area contributed by atoms with E-state index in [2.05, 4.69) is 0 Å². The lowest BCUT2D eigenvalue weighted by atomic mass is 9.96. The van der Waals surface area contributed by atoms with E-state index in [-0.39, 0.29) is 11.7 Å². The van der Waals surface area contributed by atoms with E-state index in [9.17, 15) is 9.59 Å². The number of amides is 1. The van der Waals surface area contributed by atoms with E-state index in [0.717, 1.165) is 16.7 Å². The summed E-state index contributed by atoms with van der Waals surface area (Å²) in [4.78, 5) is 27.7. The third-order valence-corrected chi connectivity index (χ3v) is 5.86. The van der Waals surface area contributed by atoms with Crippen molar-refractivity contribution in [2.24, 2.45) is 0 Å². The lowest BCUT2D eigenvalue weighted by molar-refractivity contribution is -0.116. The Hall–Kier alpha value is -4.44. The average Bonchev–Trinajstić information content (AvgIpc) is 2.89. The summed E-state index contributed by atoms with van der Waals surface area (Å²) in [6.45, 7) is 1.53. The Morgan fingerprint density at radius 2 is 1.24 bits per heavy atom. The van der Waals surface area contributed by atoms with Crippen molar-refractivity contribution in [1.82, 2.24) is 0 Å². The van der Waals surface area contributed by atoms with Gasteiger partial charge in [0.2, 0.25) is 6.23 Å². The zero-order valence-electron chi connectivity index (χ0n) is 18.7. The van der Waals surface area contributed by atoms with Crippen molar-refractivity contribution in [2.45, 2.75) is 13.2 Å². The maximum Gasteiger partial charge on any atom is 0.265 e. The summed E-state index contributed by atoms with van der Waals surface area (Å²) in [6, 6.07) is 36.0. The van der Waals surface area contributed by atoms with Crippen LogP contribution in [0, 0.1) is 0 Å². The van der Waals surface area contributed by atoms with Gasteiger partial charge in [-0.15, -0.1) is 0 Å². The molecule has 1 heterocycles. The summed E-state index contributed by atoms with van der Waals surface area (Å²) in [5, 5.41) is 0. The predicted molar refractivity (Wildman–Crippen MR) is 134 cm³/mol.